The molecule has 2 aromatic carbocycles. The predicted octanol–water partition coefficient (Wildman–Crippen LogP) is 5.70. The minimum Gasteiger partial charge on any atom is -0.465 e. The maximum absolute atomic E-state index is 13.7. The molecule has 14 heteroatoms. The lowest BCUT2D eigenvalue weighted by Crippen LogP contribution is -2.47. The molecule has 53 heavy (non-hydrogen) atoms. The van der Waals surface area contributed by atoms with E-state index in [1.54, 1.807) is 6.07 Å². The van der Waals surface area contributed by atoms with Gasteiger partial charge in [0, 0.05) is 75.2 Å². The molecule has 2 atom stereocenters. The number of carboxylic acid groups (broad SMARTS) is 1. The summed E-state index contributed by atoms with van der Waals surface area (Å²) in [5, 5.41) is 13.3. The van der Waals surface area contributed by atoms with Gasteiger partial charge in [0.25, 0.3) is 5.91 Å². The number of amides is 2. The van der Waals surface area contributed by atoms with Crippen LogP contribution in [-0.4, -0.2) is 113 Å². The fraction of sp³-hybridized carbons (Fsp3) is 0.590. The first-order chi connectivity index (χ1) is 25.0. The first-order valence-corrected chi connectivity index (χ1v) is 20.0. The Balaban J connectivity index is 1.54. The van der Waals surface area contributed by atoms with Crippen molar-refractivity contribution in [2.24, 2.45) is 5.41 Å². The summed E-state index contributed by atoms with van der Waals surface area (Å²) in [6.07, 6.45) is 4.59. The Bertz CT molecular complexity index is 1860. The summed E-state index contributed by atoms with van der Waals surface area (Å²) in [6, 6.07) is 13.9. The van der Waals surface area contributed by atoms with E-state index in [4.69, 9.17) is 9.47 Å². The SMILES string of the molecule is COC(CN(C)S(=O)(=O)NC(=O)c1ccc2c(C3CCCCC3)c3n(c2c1)CC(CN(C)CCC(NC(=O)O)C(C)(C)C)N(C)c1ccccc1-3)OC. The van der Waals surface area contributed by atoms with Gasteiger partial charge in [0.15, 0.2) is 6.29 Å². The highest BCUT2D eigenvalue weighted by Gasteiger charge is 2.34. The largest absolute Gasteiger partial charge is 0.465 e. The Kier molecular flexibility index (Phi) is 12.8. The number of aromatic nitrogens is 1. The van der Waals surface area contributed by atoms with E-state index in [2.05, 4.69) is 62.8 Å². The van der Waals surface area contributed by atoms with Crippen molar-refractivity contribution in [3.63, 3.8) is 0 Å². The number of carbonyl (C=O) groups is 2. The molecule has 3 N–H and O–H groups in total. The summed E-state index contributed by atoms with van der Waals surface area (Å²) in [7, 11) is 4.23. The Hall–Kier alpha value is -3.69. The quantitative estimate of drug-likeness (QED) is 0.177. The van der Waals surface area contributed by atoms with Gasteiger partial charge in [0.05, 0.1) is 18.3 Å². The van der Waals surface area contributed by atoms with Crippen LogP contribution in [0.5, 0.6) is 0 Å². The molecule has 1 aliphatic heterocycles. The monoisotopic (exact) mass is 754 g/mol. The van der Waals surface area contributed by atoms with Crippen molar-refractivity contribution in [3.05, 3.63) is 53.6 Å². The highest BCUT2D eigenvalue weighted by atomic mass is 32.2. The first kappa shape index (κ1) is 40.5. The summed E-state index contributed by atoms with van der Waals surface area (Å²) >= 11 is 0. The lowest BCUT2D eigenvalue weighted by atomic mass is 9.81. The third kappa shape index (κ3) is 9.17. The first-order valence-electron chi connectivity index (χ1n) is 18.6. The summed E-state index contributed by atoms with van der Waals surface area (Å²) in [4.78, 5) is 29.9. The number of para-hydroxylation sites is 1. The summed E-state index contributed by atoms with van der Waals surface area (Å²) in [5.41, 5.74) is 5.63. The zero-order chi connectivity index (χ0) is 38.7. The molecular weight excluding hydrogens is 697 g/mol. The number of likely N-dealkylation sites (N-methyl/N-ethyl adjacent to an activating group) is 3. The molecular formula is C39H58N6O7S. The second kappa shape index (κ2) is 16.8. The topological polar surface area (TPSA) is 146 Å². The average Bonchev–Trinajstić information content (AvgIpc) is 3.38. The Labute approximate surface area is 314 Å². The van der Waals surface area contributed by atoms with Gasteiger partial charge >= 0.3 is 16.3 Å². The molecule has 0 saturated heterocycles. The molecule has 2 heterocycles. The molecule has 1 saturated carbocycles. The number of fused-ring (bicyclic) bond motifs is 5. The van der Waals surface area contributed by atoms with E-state index in [9.17, 15) is 23.1 Å². The van der Waals surface area contributed by atoms with Crippen LogP contribution in [0.1, 0.15) is 81.1 Å². The van der Waals surface area contributed by atoms with Crippen LogP contribution in [0.25, 0.3) is 22.2 Å². The number of rotatable bonds is 14. The minimum atomic E-state index is -4.19. The zero-order valence-electron chi connectivity index (χ0n) is 32.5. The van der Waals surface area contributed by atoms with E-state index in [-0.39, 0.29) is 29.6 Å². The van der Waals surface area contributed by atoms with Crippen molar-refractivity contribution >= 4 is 38.8 Å². The summed E-state index contributed by atoms with van der Waals surface area (Å²) in [6.45, 7) is 8.09. The van der Waals surface area contributed by atoms with Gasteiger partial charge < -0.3 is 34.3 Å². The molecule has 0 spiro atoms. The van der Waals surface area contributed by atoms with E-state index >= 15 is 0 Å². The number of benzene rings is 2. The summed E-state index contributed by atoms with van der Waals surface area (Å²) in [5.74, 6) is -0.356. The van der Waals surface area contributed by atoms with Gasteiger partial charge in [-0.05, 0) is 68.0 Å². The zero-order valence-corrected chi connectivity index (χ0v) is 33.3. The third-order valence-electron chi connectivity index (χ3n) is 11.1. The van der Waals surface area contributed by atoms with Crippen molar-refractivity contribution < 1.29 is 32.6 Å². The molecule has 0 radical (unpaired) electrons. The number of nitrogens with one attached hydrogen (secondary N) is 2. The third-order valence-corrected chi connectivity index (χ3v) is 12.5. The molecule has 13 nitrogen and oxygen atoms in total. The Morgan fingerprint density at radius 2 is 1.72 bits per heavy atom. The second-order valence-corrected chi connectivity index (χ2v) is 17.5. The van der Waals surface area contributed by atoms with E-state index in [1.807, 2.05) is 32.9 Å². The maximum Gasteiger partial charge on any atom is 0.404 e. The number of anilines is 1. The van der Waals surface area contributed by atoms with Crippen LogP contribution in [-0.2, 0) is 26.2 Å². The van der Waals surface area contributed by atoms with Gasteiger partial charge in [-0.1, -0.05) is 64.3 Å². The van der Waals surface area contributed by atoms with Crippen LogP contribution in [0.3, 0.4) is 0 Å². The lowest BCUT2D eigenvalue weighted by molar-refractivity contribution is -0.106. The fourth-order valence-electron chi connectivity index (χ4n) is 7.97. The molecule has 5 rings (SSSR count). The molecule has 0 bridgehead atoms. The van der Waals surface area contributed by atoms with E-state index < -0.39 is 28.5 Å². The van der Waals surface area contributed by atoms with Gasteiger partial charge in [0.1, 0.15) is 0 Å². The molecule has 1 aliphatic carbocycles. The van der Waals surface area contributed by atoms with Gasteiger partial charge in [-0.3, -0.25) is 4.79 Å². The Morgan fingerprint density at radius 1 is 1.04 bits per heavy atom. The van der Waals surface area contributed by atoms with E-state index in [1.165, 1.54) is 33.3 Å². The molecule has 1 fully saturated rings. The summed E-state index contributed by atoms with van der Waals surface area (Å²) < 4.78 is 42.3. The maximum atomic E-state index is 13.7. The molecule has 2 unspecified atom stereocenters. The van der Waals surface area contributed by atoms with Crippen molar-refractivity contribution in [2.45, 2.75) is 90.1 Å². The van der Waals surface area contributed by atoms with Crippen LogP contribution < -0.4 is 14.9 Å². The van der Waals surface area contributed by atoms with Crippen LogP contribution in [0.2, 0.25) is 0 Å². The van der Waals surface area contributed by atoms with Crippen molar-refractivity contribution in [1.82, 2.24) is 23.8 Å². The van der Waals surface area contributed by atoms with Crippen LogP contribution in [0.4, 0.5) is 10.5 Å². The number of hydrogen-bond donors (Lipinski definition) is 3. The number of methoxy groups -OCH3 is 2. The van der Waals surface area contributed by atoms with Gasteiger partial charge in [-0.15, -0.1) is 0 Å². The lowest BCUT2D eigenvalue weighted by Gasteiger charge is -2.35. The standard InChI is InChI=1S/C39H58N6O7S/c1-39(2,3)33(40-38(47)48)20-21-42(4)23-28-24-45-32-22-27(37(46)41-53(49,50)43(5)25-34(51-7)52-8)18-19-29(32)35(26-14-10-9-11-15-26)36(45)30-16-12-13-17-31(30)44(28)6/h12-13,16-19,22,26,28,33-34,40H,9-11,14-15,20-21,23-25H2,1-8H3,(H,41,46)(H,47,48). The molecule has 2 amide bonds. The van der Waals surface area contributed by atoms with Crippen LogP contribution in [0, 0.1) is 5.41 Å². The number of hydrogen-bond acceptors (Lipinski definition) is 8. The van der Waals surface area contributed by atoms with Crippen molar-refractivity contribution in [3.8, 4) is 11.3 Å². The fourth-order valence-corrected chi connectivity index (χ4v) is 8.80. The van der Waals surface area contributed by atoms with E-state index in [0.717, 1.165) is 57.8 Å². The van der Waals surface area contributed by atoms with Crippen LogP contribution in [0.15, 0.2) is 42.5 Å². The molecule has 2 aliphatic rings. The normalized spacial score (nSPS) is 17.6. The predicted molar refractivity (Wildman–Crippen MR) is 209 cm³/mol. The number of nitrogens with zero attached hydrogens (tertiary/aromatic N) is 4. The average molecular weight is 755 g/mol. The Morgan fingerprint density at radius 3 is 2.36 bits per heavy atom. The molecule has 1 aromatic heterocycles. The van der Waals surface area contributed by atoms with Gasteiger partial charge in [-0.2, -0.15) is 12.7 Å². The second-order valence-electron chi connectivity index (χ2n) is 15.8. The molecule has 3 aromatic rings. The van der Waals surface area contributed by atoms with Gasteiger partial charge in [-0.25, -0.2) is 9.52 Å². The number of carbonyl (C=O) groups excluding carboxylic acids is 1. The highest BCUT2D eigenvalue weighted by Crippen LogP contribution is 2.48. The van der Waals surface area contributed by atoms with Crippen molar-refractivity contribution in [1.29, 1.82) is 0 Å². The minimum absolute atomic E-state index is 0.0266. The number of ether oxygens (including phenoxy) is 2. The molecule has 292 valence electrons. The van der Waals surface area contributed by atoms with E-state index in [0.29, 0.717) is 32.0 Å². The van der Waals surface area contributed by atoms with Gasteiger partial charge in [0.2, 0.25) is 0 Å². The highest BCUT2D eigenvalue weighted by molar-refractivity contribution is 7.87. The van der Waals surface area contributed by atoms with Crippen LogP contribution >= 0.6 is 0 Å². The smallest absolute Gasteiger partial charge is 0.404 e. The van der Waals surface area contributed by atoms with Crippen molar-refractivity contribution in [2.75, 3.05) is 59.9 Å².